The fraction of sp³-hybridized carbons (Fsp3) is 0.462. The number of aryl methyl sites for hydroxylation is 1. The molecule has 82 valence electrons. The summed E-state index contributed by atoms with van der Waals surface area (Å²) in [5.41, 5.74) is 8.52. The minimum absolute atomic E-state index is 0.234. The van der Waals surface area contributed by atoms with Gasteiger partial charge in [0.25, 0.3) is 0 Å². The van der Waals surface area contributed by atoms with Gasteiger partial charge < -0.3 is 5.73 Å². The van der Waals surface area contributed by atoms with Crippen molar-refractivity contribution in [3.8, 4) is 0 Å². The van der Waals surface area contributed by atoms with Crippen molar-refractivity contribution in [3.05, 3.63) is 42.2 Å². The first-order valence-electron chi connectivity index (χ1n) is 5.53. The highest BCUT2D eigenvalue weighted by atomic mass is 14.6. The van der Waals surface area contributed by atoms with Gasteiger partial charge in [0, 0.05) is 18.4 Å². The fourth-order valence-electron chi connectivity index (χ4n) is 1.52. The lowest BCUT2D eigenvalue weighted by Crippen LogP contribution is -2.21. The van der Waals surface area contributed by atoms with Gasteiger partial charge in [-0.15, -0.1) is 0 Å². The Bertz CT molecular complexity index is 293. The molecule has 2 N–H and O–H groups in total. The molecule has 0 aliphatic rings. The molecule has 0 saturated heterocycles. The summed E-state index contributed by atoms with van der Waals surface area (Å²) in [6.45, 7) is 6.10. The van der Waals surface area contributed by atoms with E-state index in [0.29, 0.717) is 0 Å². The minimum atomic E-state index is 0.234. The Morgan fingerprint density at radius 1 is 1.60 bits per heavy atom. The molecule has 0 aliphatic carbocycles. The second kappa shape index (κ2) is 6.36. The van der Waals surface area contributed by atoms with E-state index in [0.717, 1.165) is 25.7 Å². The van der Waals surface area contributed by atoms with Crippen molar-refractivity contribution in [2.75, 3.05) is 0 Å². The standard InChI is InChI=1S/C13H20N2/c1-3-11(2)9-13(14)7-6-12-5-4-8-15-10-12/h4-5,8,10,13H,2-3,6-7,9,14H2,1H3. The third kappa shape index (κ3) is 4.75. The maximum atomic E-state index is 6.02. The molecule has 1 heterocycles. The van der Waals surface area contributed by atoms with Gasteiger partial charge in [0.05, 0.1) is 0 Å². The van der Waals surface area contributed by atoms with Crippen LogP contribution in [-0.2, 0) is 6.42 Å². The first kappa shape index (κ1) is 11.9. The molecule has 15 heavy (non-hydrogen) atoms. The van der Waals surface area contributed by atoms with Gasteiger partial charge in [-0.05, 0) is 37.3 Å². The SMILES string of the molecule is C=C(CC)CC(N)CCc1cccnc1. The molecule has 0 fully saturated rings. The van der Waals surface area contributed by atoms with E-state index in [1.807, 2.05) is 12.3 Å². The smallest absolute Gasteiger partial charge is 0.0299 e. The molecule has 0 amide bonds. The van der Waals surface area contributed by atoms with Gasteiger partial charge in [0.2, 0.25) is 0 Å². The van der Waals surface area contributed by atoms with Crippen LogP contribution in [0, 0.1) is 0 Å². The van der Waals surface area contributed by atoms with E-state index in [1.165, 1.54) is 11.1 Å². The molecule has 0 saturated carbocycles. The molecule has 0 aromatic carbocycles. The molecule has 0 bridgehead atoms. The summed E-state index contributed by atoms with van der Waals surface area (Å²) < 4.78 is 0. The summed E-state index contributed by atoms with van der Waals surface area (Å²) in [7, 11) is 0. The van der Waals surface area contributed by atoms with E-state index in [-0.39, 0.29) is 6.04 Å². The van der Waals surface area contributed by atoms with Gasteiger partial charge in [0.15, 0.2) is 0 Å². The summed E-state index contributed by atoms with van der Waals surface area (Å²) in [4.78, 5) is 4.08. The van der Waals surface area contributed by atoms with Gasteiger partial charge >= 0.3 is 0 Å². The van der Waals surface area contributed by atoms with Crippen LogP contribution in [0.3, 0.4) is 0 Å². The zero-order chi connectivity index (χ0) is 11.1. The van der Waals surface area contributed by atoms with Crippen LogP contribution in [0.15, 0.2) is 36.7 Å². The highest BCUT2D eigenvalue weighted by Gasteiger charge is 2.04. The summed E-state index contributed by atoms with van der Waals surface area (Å²) >= 11 is 0. The number of nitrogens with two attached hydrogens (primary N) is 1. The van der Waals surface area contributed by atoms with Crippen molar-refractivity contribution in [1.82, 2.24) is 4.98 Å². The molecular weight excluding hydrogens is 184 g/mol. The van der Waals surface area contributed by atoms with Crippen LogP contribution in [0.25, 0.3) is 0 Å². The van der Waals surface area contributed by atoms with Crippen molar-refractivity contribution in [1.29, 1.82) is 0 Å². The normalized spacial score (nSPS) is 12.4. The molecule has 2 nitrogen and oxygen atoms in total. The highest BCUT2D eigenvalue weighted by Crippen LogP contribution is 2.10. The zero-order valence-electron chi connectivity index (χ0n) is 9.45. The van der Waals surface area contributed by atoms with E-state index in [1.54, 1.807) is 6.20 Å². The van der Waals surface area contributed by atoms with Crippen LogP contribution in [0.1, 0.15) is 31.7 Å². The molecule has 1 aromatic rings. The van der Waals surface area contributed by atoms with Crippen molar-refractivity contribution < 1.29 is 0 Å². The number of hydrogen-bond donors (Lipinski definition) is 1. The lowest BCUT2D eigenvalue weighted by atomic mass is 10.0. The fourth-order valence-corrected chi connectivity index (χ4v) is 1.52. The average Bonchev–Trinajstić information content (AvgIpc) is 2.27. The molecule has 1 atom stereocenters. The van der Waals surface area contributed by atoms with E-state index < -0.39 is 0 Å². The molecule has 0 spiro atoms. The lowest BCUT2D eigenvalue weighted by Gasteiger charge is -2.12. The Hall–Kier alpha value is -1.15. The van der Waals surface area contributed by atoms with Crippen molar-refractivity contribution in [3.63, 3.8) is 0 Å². The molecule has 1 rings (SSSR count). The summed E-state index contributed by atoms with van der Waals surface area (Å²) in [5.74, 6) is 0. The second-order valence-electron chi connectivity index (χ2n) is 3.97. The number of rotatable bonds is 6. The van der Waals surface area contributed by atoms with Crippen LogP contribution < -0.4 is 5.73 Å². The quantitative estimate of drug-likeness (QED) is 0.724. The first-order valence-corrected chi connectivity index (χ1v) is 5.53. The Labute approximate surface area is 92.2 Å². The highest BCUT2D eigenvalue weighted by molar-refractivity contribution is 5.09. The van der Waals surface area contributed by atoms with E-state index in [9.17, 15) is 0 Å². The summed E-state index contributed by atoms with van der Waals surface area (Å²) in [6.07, 6.45) is 7.68. The van der Waals surface area contributed by atoms with E-state index in [4.69, 9.17) is 5.73 Å². The van der Waals surface area contributed by atoms with E-state index >= 15 is 0 Å². The van der Waals surface area contributed by atoms with Crippen LogP contribution >= 0.6 is 0 Å². The van der Waals surface area contributed by atoms with Crippen LogP contribution in [-0.4, -0.2) is 11.0 Å². The van der Waals surface area contributed by atoms with Crippen molar-refractivity contribution in [2.24, 2.45) is 5.73 Å². The maximum Gasteiger partial charge on any atom is 0.0299 e. The maximum absolute atomic E-state index is 6.02. The minimum Gasteiger partial charge on any atom is -0.327 e. The predicted octanol–water partition coefficient (Wildman–Crippen LogP) is 2.70. The third-order valence-electron chi connectivity index (χ3n) is 2.58. The van der Waals surface area contributed by atoms with Gasteiger partial charge in [-0.3, -0.25) is 4.98 Å². The number of pyridine rings is 1. The second-order valence-corrected chi connectivity index (χ2v) is 3.97. The van der Waals surface area contributed by atoms with Gasteiger partial charge in [0.1, 0.15) is 0 Å². The molecule has 1 unspecified atom stereocenters. The molecule has 0 radical (unpaired) electrons. The molecule has 1 aromatic heterocycles. The van der Waals surface area contributed by atoms with Crippen LogP contribution in [0.4, 0.5) is 0 Å². The predicted molar refractivity (Wildman–Crippen MR) is 64.6 cm³/mol. The summed E-state index contributed by atoms with van der Waals surface area (Å²) in [6, 6.07) is 4.29. The Morgan fingerprint density at radius 3 is 3.00 bits per heavy atom. The largest absolute Gasteiger partial charge is 0.327 e. The Kier molecular flexibility index (Phi) is 5.05. The average molecular weight is 204 g/mol. The Balaban J connectivity index is 2.28. The molecule has 0 aliphatic heterocycles. The topological polar surface area (TPSA) is 38.9 Å². The Morgan fingerprint density at radius 2 is 2.40 bits per heavy atom. The van der Waals surface area contributed by atoms with Gasteiger partial charge in [-0.25, -0.2) is 0 Å². The van der Waals surface area contributed by atoms with Crippen molar-refractivity contribution in [2.45, 2.75) is 38.6 Å². The number of aromatic nitrogens is 1. The van der Waals surface area contributed by atoms with Gasteiger partial charge in [-0.2, -0.15) is 0 Å². The van der Waals surface area contributed by atoms with E-state index in [2.05, 4.69) is 24.6 Å². The number of nitrogens with zero attached hydrogens (tertiary/aromatic N) is 1. The molecular formula is C13H20N2. The van der Waals surface area contributed by atoms with Crippen LogP contribution in [0.2, 0.25) is 0 Å². The van der Waals surface area contributed by atoms with Crippen molar-refractivity contribution >= 4 is 0 Å². The third-order valence-corrected chi connectivity index (χ3v) is 2.58. The number of hydrogen-bond acceptors (Lipinski definition) is 2. The monoisotopic (exact) mass is 204 g/mol. The first-order chi connectivity index (χ1) is 7.22. The molecule has 2 heteroatoms. The summed E-state index contributed by atoms with van der Waals surface area (Å²) in [5, 5.41) is 0. The van der Waals surface area contributed by atoms with Gasteiger partial charge in [-0.1, -0.05) is 25.1 Å². The zero-order valence-corrected chi connectivity index (χ0v) is 9.45. The lowest BCUT2D eigenvalue weighted by molar-refractivity contribution is 0.600. The van der Waals surface area contributed by atoms with Crippen LogP contribution in [0.5, 0.6) is 0 Å².